The Morgan fingerprint density at radius 2 is 1.82 bits per heavy atom. The van der Waals surface area contributed by atoms with Gasteiger partial charge in [0.05, 0.1) is 19.1 Å². The van der Waals surface area contributed by atoms with E-state index >= 15 is 0 Å². The van der Waals surface area contributed by atoms with Gasteiger partial charge in [-0.2, -0.15) is 4.98 Å². The first-order valence-corrected chi connectivity index (χ1v) is 14.2. The normalized spacial score (nSPS) is 18.6. The second-order valence-electron chi connectivity index (χ2n) is 11.8. The quantitative estimate of drug-likeness (QED) is 0.359. The summed E-state index contributed by atoms with van der Waals surface area (Å²) >= 11 is 0. The van der Waals surface area contributed by atoms with E-state index in [1.54, 1.807) is 6.20 Å². The monoisotopic (exact) mass is 548 g/mol. The second-order valence-corrected chi connectivity index (χ2v) is 11.8. The zero-order chi connectivity index (χ0) is 28.3. The Labute approximate surface area is 234 Å². The molecule has 0 bridgehead atoms. The van der Waals surface area contributed by atoms with Crippen LogP contribution in [0.2, 0.25) is 0 Å². The summed E-state index contributed by atoms with van der Waals surface area (Å²) < 4.78 is 1.98. The van der Waals surface area contributed by atoms with Gasteiger partial charge in [0.2, 0.25) is 11.4 Å². The summed E-state index contributed by atoms with van der Waals surface area (Å²) in [7, 11) is 1.34. The zero-order valence-electron chi connectivity index (χ0n) is 23.7. The number of fused-ring (bicyclic) bond motifs is 1. The molecule has 3 N–H and O–H groups in total. The van der Waals surface area contributed by atoms with Crippen molar-refractivity contribution in [1.29, 1.82) is 0 Å². The Bertz CT molecular complexity index is 1390. The molecule has 2 aliphatic rings. The second kappa shape index (κ2) is 12.0. The van der Waals surface area contributed by atoms with Gasteiger partial charge >= 0.3 is 0 Å². The predicted molar refractivity (Wildman–Crippen MR) is 155 cm³/mol. The Hall–Kier alpha value is -3.34. The van der Waals surface area contributed by atoms with E-state index < -0.39 is 11.3 Å². The molecule has 3 heterocycles. The highest BCUT2D eigenvalue weighted by molar-refractivity contribution is 5.96. The SMILES string of the molecule is CONC(=O)c1cn(C2CCC(C)(C)CC2)c2nc(Nc3ccc(C4CCN(CCO)CC4)cc3)ncc2c1=O. The molecule has 0 radical (unpaired) electrons. The number of carbonyl (C=O) groups is 1. The molecule has 5 rings (SSSR count). The molecule has 2 aromatic heterocycles. The average Bonchev–Trinajstić information content (AvgIpc) is 2.95. The molecule has 1 saturated heterocycles. The van der Waals surface area contributed by atoms with E-state index in [-0.39, 0.29) is 23.6 Å². The van der Waals surface area contributed by atoms with Gasteiger partial charge in [-0.1, -0.05) is 26.0 Å². The number of likely N-dealkylation sites (tertiary alicyclic amines) is 1. The third-order valence-electron chi connectivity index (χ3n) is 8.55. The lowest BCUT2D eigenvalue weighted by Gasteiger charge is -2.35. The van der Waals surface area contributed by atoms with Crippen molar-refractivity contribution in [2.45, 2.75) is 64.3 Å². The topological polar surface area (TPSA) is 122 Å². The molecule has 1 aliphatic carbocycles. The molecule has 1 aliphatic heterocycles. The van der Waals surface area contributed by atoms with E-state index in [0.29, 0.717) is 22.9 Å². The number of hydrogen-bond donors (Lipinski definition) is 3. The molecule has 10 heteroatoms. The Kier molecular flexibility index (Phi) is 8.48. The lowest BCUT2D eigenvalue weighted by atomic mass is 9.75. The van der Waals surface area contributed by atoms with Gasteiger partial charge in [-0.25, -0.2) is 10.5 Å². The van der Waals surface area contributed by atoms with Gasteiger partial charge in [0.15, 0.2) is 0 Å². The van der Waals surface area contributed by atoms with Crippen molar-refractivity contribution in [1.82, 2.24) is 24.9 Å². The highest BCUT2D eigenvalue weighted by Crippen LogP contribution is 2.41. The number of hydroxylamine groups is 1. The maximum absolute atomic E-state index is 13.3. The molecule has 0 spiro atoms. The first-order chi connectivity index (χ1) is 19.3. The number of anilines is 2. The number of amides is 1. The van der Waals surface area contributed by atoms with E-state index in [2.05, 4.69) is 46.7 Å². The molecule has 0 atom stereocenters. The van der Waals surface area contributed by atoms with Crippen LogP contribution in [-0.2, 0) is 4.84 Å². The predicted octanol–water partition coefficient (Wildman–Crippen LogP) is 4.14. The third-order valence-corrected chi connectivity index (χ3v) is 8.55. The van der Waals surface area contributed by atoms with Crippen molar-refractivity contribution in [3.05, 3.63) is 58.0 Å². The smallest absolute Gasteiger partial charge is 0.280 e. The van der Waals surface area contributed by atoms with E-state index in [1.807, 2.05) is 16.7 Å². The van der Waals surface area contributed by atoms with Crippen LogP contribution in [0, 0.1) is 5.41 Å². The number of nitrogens with zero attached hydrogens (tertiary/aromatic N) is 4. The molecule has 1 aromatic carbocycles. The average molecular weight is 549 g/mol. The van der Waals surface area contributed by atoms with Crippen molar-refractivity contribution < 1.29 is 14.7 Å². The van der Waals surface area contributed by atoms with Crippen molar-refractivity contribution in [3.63, 3.8) is 0 Å². The molecule has 10 nitrogen and oxygen atoms in total. The molecule has 3 aromatic rings. The third kappa shape index (κ3) is 6.19. The van der Waals surface area contributed by atoms with Crippen molar-refractivity contribution in [3.8, 4) is 0 Å². The highest BCUT2D eigenvalue weighted by Gasteiger charge is 2.29. The Morgan fingerprint density at radius 1 is 1.12 bits per heavy atom. The largest absolute Gasteiger partial charge is 0.395 e. The van der Waals surface area contributed by atoms with Crippen LogP contribution >= 0.6 is 0 Å². The number of aliphatic hydroxyl groups excluding tert-OH is 1. The fraction of sp³-hybridized carbons (Fsp3) is 0.533. The Morgan fingerprint density at radius 3 is 2.48 bits per heavy atom. The molecule has 1 saturated carbocycles. The van der Waals surface area contributed by atoms with Crippen LogP contribution in [-0.4, -0.2) is 63.8 Å². The minimum atomic E-state index is -0.583. The van der Waals surface area contributed by atoms with E-state index in [4.69, 9.17) is 9.82 Å². The summed E-state index contributed by atoms with van der Waals surface area (Å²) in [6.45, 7) is 7.52. The summed E-state index contributed by atoms with van der Waals surface area (Å²) in [6, 6.07) is 8.50. The first kappa shape index (κ1) is 28.2. The minimum absolute atomic E-state index is 0.0151. The number of pyridine rings is 1. The fourth-order valence-corrected chi connectivity index (χ4v) is 6.04. The van der Waals surface area contributed by atoms with Crippen LogP contribution in [0.25, 0.3) is 11.0 Å². The van der Waals surface area contributed by atoms with Crippen LogP contribution in [0.1, 0.15) is 80.3 Å². The fourth-order valence-electron chi connectivity index (χ4n) is 6.04. The van der Waals surface area contributed by atoms with Crippen molar-refractivity contribution in [2.75, 3.05) is 38.7 Å². The number of nitrogens with one attached hydrogen (secondary N) is 2. The maximum Gasteiger partial charge on any atom is 0.280 e. The number of benzene rings is 1. The van der Waals surface area contributed by atoms with Crippen LogP contribution in [0.3, 0.4) is 0 Å². The molecule has 1 amide bonds. The summed E-state index contributed by atoms with van der Waals surface area (Å²) in [5.41, 5.74) is 4.84. The number of rotatable bonds is 8. The van der Waals surface area contributed by atoms with Crippen LogP contribution in [0.5, 0.6) is 0 Å². The lowest BCUT2D eigenvalue weighted by molar-refractivity contribution is 0.0535. The number of aromatic nitrogens is 3. The minimum Gasteiger partial charge on any atom is -0.395 e. The van der Waals surface area contributed by atoms with E-state index in [0.717, 1.165) is 63.8 Å². The molecular formula is C30H40N6O4. The summed E-state index contributed by atoms with van der Waals surface area (Å²) in [5.74, 6) is 0.330. The summed E-state index contributed by atoms with van der Waals surface area (Å²) in [5, 5.41) is 12.8. The zero-order valence-corrected chi connectivity index (χ0v) is 23.7. The number of hydrogen-bond acceptors (Lipinski definition) is 8. The molecular weight excluding hydrogens is 508 g/mol. The number of piperidine rings is 1. The van der Waals surface area contributed by atoms with Gasteiger partial charge in [-0.3, -0.25) is 14.4 Å². The number of β-amino-alcohol motifs (C(OH)–C–C–N with tert-alkyl or cyclic N) is 1. The molecule has 2 fully saturated rings. The standard InChI is InChI=1S/C30H40N6O4/c1-30(2)12-8-23(9-13-30)36-19-25(28(39)34-40-3)26(38)24-18-31-29(33-27(24)36)32-22-6-4-20(5-7-22)21-10-14-35(15-11-21)16-17-37/h4-7,18-19,21,23,37H,8-17H2,1-3H3,(H,34,39)(H,31,32,33). The number of aliphatic hydroxyl groups is 1. The van der Waals surface area contributed by atoms with Gasteiger partial charge < -0.3 is 19.9 Å². The Balaban J connectivity index is 1.40. The highest BCUT2D eigenvalue weighted by atomic mass is 16.6. The van der Waals surface area contributed by atoms with Crippen LogP contribution in [0.15, 0.2) is 41.5 Å². The maximum atomic E-state index is 13.3. The van der Waals surface area contributed by atoms with Gasteiger partial charge in [-0.15, -0.1) is 0 Å². The van der Waals surface area contributed by atoms with Crippen LogP contribution in [0.4, 0.5) is 11.6 Å². The first-order valence-electron chi connectivity index (χ1n) is 14.2. The summed E-state index contributed by atoms with van der Waals surface area (Å²) in [6.07, 6.45) is 9.27. The molecule has 40 heavy (non-hydrogen) atoms. The number of carbonyl (C=O) groups excluding carboxylic acids is 1. The van der Waals surface area contributed by atoms with Crippen molar-refractivity contribution >= 4 is 28.6 Å². The van der Waals surface area contributed by atoms with Crippen molar-refractivity contribution in [2.24, 2.45) is 5.41 Å². The van der Waals surface area contributed by atoms with Gasteiger partial charge in [0, 0.05) is 30.7 Å². The summed E-state index contributed by atoms with van der Waals surface area (Å²) in [4.78, 5) is 42.2. The lowest BCUT2D eigenvalue weighted by Crippen LogP contribution is -2.34. The van der Waals surface area contributed by atoms with Crippen LogP contribution < -0.4 is 16.2 Å². The molecule has 0 unspecified atom stereocenters. The van der Waals surface area contributed by atoms with E-state index in [9.17, 15) is 14.7 Å². The molecule has 214 valence electrons. The van der Waals surface area contributed by atoms with E-state index in [1.165, 1.54) is 18.9 Å². The van der Waals surface area contributed by atoms with Gasteiger partial charge in [0.1, 0.15) is 11.2 Å². The van der Waals surface area contributed by atoms with Gasteiger partial charge in [-0.05, 0) is 80.6 Å². The van der Waals surface area contributed by atoms with Gasteiger partial charge in [0.25, 0.3) is 5.91 Å².